The summed E-state index contributed by atoms with van der Waals surface area (Å²) in [4.78, 5) is 38.2. The molecule has 0 aliphatic heterocycles. The fraction of sp³-hybridized carbons (Fsp3) is 0.905. The van der Waals surface area contributed by atoms with E-state index in [-0.39, 0.29) is 32.0 Å². The van der Waals surface area contributed by atoms with Gasteiger partial charge in [-0.05, 0) is 51.4 Å². The van der Waals surface area contributed by atoms with Gasteiger partial charge >= 0.3 is 11.9 Å². The van der Waals surface area contributed by atoms with E-state index in [1.165, 1.54) is 360 Å². The maximum Gasteiger partial charge on any atom is 0.306 e. The number of nitrogens with zero attached hydrogens (tertiary/aromatic N) is 1. The van der Waals surface area contributed by atoms with E-state index in [0.717, 1.165) is 44.9 Å². The minimum Gasteiger partial charge on any atom is -0.756 e. The van der Waals surface area contributed by atoms with Gasteiger partial charge in [0.05, 0.1) is 27.7 Å². The summed E-state index contributed by atoms with van der Waals surface area (Å²) in [5.41, 5.74) is 0. The number of esters is 2. The van der Waals surface area contributed by atoms with Crippen LogP contribution in [0.15, 0.2) is 36.5 Å². The highest BCUT2D eigenvalue weighted by Crippen LogP contribution is 2.38. The zero-order chi connectivity index (χ0) is 68.3. The number of quaternary nitrogens is 1. The summed E-state index contributed by atoms with van der Waals surface area (Å²) in [6, 6.07) is 0. The number of ether oxygens (including phenoxy) is 2. The van der Waals surface area contributed by atoms with Crippen molar-refractivity contribution in [3.05, 3.63) is 36.5 Å². The summed E-state index contributed by atoms with van der Waals surface area (Å²) in [5, 5.41) is 0. The largest absolute Gasteiger partial charge is 0.756 e. The molecule has 0 aromatic carbocycles. The lowest BCUT2D eigenvalue weighted by Crippen LogP contribution is -2.37. The van der Waals surface area contributed by atoms with E-state index in [0.29, 0.717) is 17.4 Å². The van der Waals surface area contributed by atoms with Gasteiger partial charge in [-0.25, -0.2) is 0 Å². The number of hydrogen-bond donors (Lipinski definition) is 0. The Bertz CT molecular complexity index is 1680. The van der Waals surface area contributed by atoms with Crippen LogP contribution in [-0.2, 0) is 32.7 Å². The molecule has 0 saturated heterocycles. The molecule has 9 nitrogen and oxygen atoms in total. The summed E-state index contributed by atoms with van der Waals surface area (Å²) in [6.45, 7) is 4.32. The van der Waals surface area contributed by atoms with Crippen molar-refractivity contribution < 1.29 is 42.1 Å². The van der Waals surface area contributed by atoms with E-state index >= 15 is 0 Å². The molecule has 0 heterocycles. The Morgan fingerprint density at radius 1 is 0.330 bits per heavy atom. The average Bonchev–Trinajstić information content (AvgIpc) is 1.56. The Balaban J connectivity index is 3.88. The molecule has 0 fully saturated rings. The van der Waals surface area contributed by atoms with Gasteiger partial charge in [-0.15, -0.1) is 0 Å². The van der Waals surface area contributed by atoms with Crippen molar-refractivity contribution in [2.24, 2.45) is 0 Å². The van der Waals surface area contributed by atoms with Crippen molar-refractivity contribution in [3.8, 4) is 0 Å². The standard InChI is InChI=1S/C84H162NO8P/c1-6-8-10-12-14-16-18-20-22-24-26-28-30-32-34-36-38-39-40-41-42-43-44-45-47-49-51-53-55-57-59-61-63-65-67-69-71-73-75-77-84(87)93-82(81-92-94(88,89)91-79-78-85(3,4)5)80-90-83(86)76-74-72-70-68-66-64-62-60-58-56-54-52-50-48-46-37-35-33-31-29-27-25-23-21-19-17-15-13-11-9-7-2/h18,20,24,26,30,32,82H,6-17,19,21-23,25,27-29,31,33-81H2,1-5H3/b20-18-,26-24-,32-30-. The summed E-state index contributed by atoms with van der Waals surface area (Å²) in [6.07, 6.45) is 98.6. The molecule has 2 atom stereocenters. The number of rotatable bonds is 79. The normalized spacial score (nSPS) is 13.1. The third-order valence-electron chi connectivity index (χ3n) is 19.2. The molecule has 0 spiro atoms. The number of carbonyl (C=O) groups excluding carboxylic acids is 2. The highest BCUT2D eigenvalue weighted by Gasteiger charge is 2.22. The third kappa shape index (κ3) is 79.2. The highest BCUT2D eigenvalue weighted by molar-refractivity contribution is 7.45. The first-order valence-electron chi connectivity index (χ1n) is 41.7. The molecule has 0 radical (unpaired) electrons. The molecule has 0 aromatic heterocycles. The lowest BCUT2D eigenvalue weighted by molar-refractivity contribution is -0.870. The maximum absolute atomic E-state index is 12.9. The fourth-order valence-corrected chi connectivity index (χ4v) is 13.5. The van der Waals surface area contributed by atoms with E-state index in [1.807, 2.05) is 21.1 Å². The van der Waals surface area contributed by atoms with Crippen molar-refractivity contribution in [1.29, 1.82) is 0 Å². The molecule has 0 bridgehead atoms. The van der Waals surface area contributed by atoms with Crippen LogP contribution in [0, 0.1) is 0 Å². The minimum absolute atomic E-state index is 0.0266. The smallest absolute Gasteiger partial charge is 0.306 e. The number of likely N-dealkylation sites (N-methyl/N-ethyl adjacent to an activating group) is 1. The Morgan fingerprint density at radius 3 is 0.851 bits per heavy atom. The van der Waals surface area contributed by atoms with Crippen molar-refractivity contribution in [2.45, 2.75) is 444 Å². The Kier molecular flexibility index (Phi) is 74.0. The first kappa shape index (κ1) is 92.2. The lowest BCUT2D eigenvalue weighted by atomic mass is 10.0. The van der Waals surface area contributed by atoms with Crippen LogP contribution in [0.1, 0.15) is 438 Å². The van der Waals surface area contributed by atoms with Gasteiger partial charge < -0.3 is 27.9 Å². The number of unbranched alkanes of at least 4 members (excludes halogenated alkanes) is 59. The van der Waals surface area contributed by atoms with Gasteiger partial charge in [0.1, 0.15) is 19.8 Å². The van der Waals surface area contributed by atoms with Gasteiger partial charge in [-0.3, -0.25) is 14.2 Å². The predicted octanol–water partition coefficient (Wildman–Crippen LogP) is 27.1. The number of phosphoric acid groups is 1. The Morgan fingerprint density at radius 2 is 0.574 bits per heavy atom. The molecule has 0 aliphatic carbocycles. The topological polar surface area (TPSA) is 111 Å². The molecule has 0 rings (SSSR count). The second-order valence-corrected chi connectivity index (χ2v) is 31.3. The van der Waals surface area contributed by atoms with E-state index in [4.69, 9.17) is 18.5 Å². The van der Waals surface area contributed by atoms with Crippen LogP contribution in [0.3, 0.4) is 0 Å². The SMILES string of the molecule is CCCCCCC/C=C\C/C=C\C/C=C\CCCCCCCCCCCCCCCCCCCCCCCCCCC(=O)OC(COC(=O)CCCCCCCCCCCCCCCCCCCCCCCCCCCCCCCCC)COP(=O)([O-])OCC[N+](C)(C)C. The molecule has 0 aliphatic rings. The monoisotopic (exact) mass is 1340 g/mol. The Hall–Kier alpha value is -1.77. The predicted molar refractivity (Wildman–Crippen MR) is 407 cm³/mol. The van der Waals surface area contributed by atoms with Crippen LogP contribution in [0.4, 0.5) is 0 Å². The second kappa shape index (κ2) is 75.4. The molecule has 0 aromatic rings. The molecule has 94 heavy (non-hydrogen) atoms. The molecule has 0 amide bonds. The first-order valence-corrected chi connectivity index (χ1v) is 43.2. The number of allylic oxidation sites excluding steroid dienone is 6. The molecular formula is C84H162NO8P. The summed E-state index contributed by atoms with van der Waals surface area (Å²) in [5.74, 6) is -0.804. The molecule has 0 saturated carbocycles. The summed E-state index contributed by atoms with van der Waals surface area (Å²) in [7, 11) is 1.19. The van der Waals surface area contributed by atoms with Crippen molar-refractivity contribution >= 4 is 19.8 Å². The number of carbonyl (C=O) groups is 2. The van der Waals surface area contributed by atoms with Crippen LogP contribution < -0.4 is 4.89 Å². The number of phosphoric ester groups is 1. The zero-order valence-corrected chi connectivity index (χ0v) is 64.6. The molecule has 0 N–H and O–H groups in total. The van der Waals surface area contributed by atoms with Gasteiger partial charge in [0.2, 0.25) is 0 Å². The maximum atomic E-state index is 12.9. The van der Waals surface area contributed by atoms with Crippen LogP contribution in [-0.4, -0.2) is 70.0 Å². The minimum atomic E-state index is -4.64. The van der Waals surface area contributed by atoms with E-state index < -0.39 is 26.5 Å². The summed E-state index contributed by atoms with van der Waals surface area (Å²) >= 11 is 0. The van der Waals surface area contributed by atoms with Gasteiger partial charge in [-0.2, -0.15) is 0 Å². The van der Waals surface area contributed by atoms with Crippen molar-refractivity contribution in [3.63, 3.8) is 0 Å². The first-order chi connectivity index (χ1) is 46.0. The molecular weight excluding hydrogens is 1180 g/mol. The lowest BCUT2D eigenvalue weighted by Gasteiger charge is -2.28. The van der Waals surface area contributed by atoms with E-state index in [1.54, 1.807) is 0 Å². The quantitative estimate of drug-likeness (QED) is 0.0195. The number of hydrogen-bond acceptors (Lipinski definition) is 8. The van der Waals surface area contributed by atoms with Crippen LogP contribution in [0.5, 0.6) is 0 Å². The van der Waals surface area contributed by atoms with Gasteiger partial charge in [0.15, 0.2) is 6.10 Å². The van der Waals surface area contributed by atoms with Crippen LogP contribution >= 0.6 is 7.82 Å². The summed E-state index contributed by atoms with van der Waals surface area (Å²) < 4.78 is 34.5. The average molecular weight is 1350 g/mol. The van der Waals surface area contributed by atoms with Gasteiger partial charge in [0.25, 0.3) is 7.82 Å². The van der Waals surface area contributed by atoms with Crippen molar-refractivity contribution in [2.75, 3.05) is 47.5 Å². The molecule has 556 valence electrons. The third-order valence-corrected chi connectivity index (χ3v) is 20.1. The van der Waals surface area contributed by atoms with Gasteiger partial charge in [-0.1, -0.05) is 410 Å². The van der Waals surface area contributed by atoms with Crippen LogP contribution in [0.2, 0.25) is 0 Å². The van der Waals surface area contributed by atoms with Crippen molar-refractivity contribution in [1.82, 2.24) is 0 Å². The zero-order valence-electron chi connectivity index (χ0n) is 63.7. The Labute approximate surface area is 586 Å². The highest BCUT2D eigenvalue weighted by atomic mass is 31.2. The van der Waals surface area contributed by atoms with Gasteiger partial charge in [0, 0.05) is 12.8 Å². The second-order valence-electron chi connectivity index (χ2n) is 29.9. The molecule has 10 heteroatoms. The van der Waals surface area contributed by atoms with E-state index in [9.17, 15) is 19.0 Å². The fourth-order valence-electron chi connectivity index (χ4n) is 12.8. The molecule has 2 unspecified atom stereocenters. The van der Waals surface area contributed by atoms with E-state index in [2.05, 4.69) is 50.3 Å². The van der Waals surface area contributed by atoms with Crippen LogP contribution in [0.25, 0.3) is 0 Å².